The molecular formula is C26H34N4O4. The molecule has 0 fully saturated rings. The number of carbonyl (C=O) groups is 2. The molecule has 1 aliphatic heterocycles. The van der Waals surface area contributed by atoms with Crippen molar-refractivity contribution in [3.8, 4) is 11.5 Å². The van der Waals surface area contributed by atoms with Gasteiger partial charge < -0.3 is 19.7 Å². The predicted octanol–water partition coefficient (Wildman–Crippen LogP) is 4.23. The molecule has 1 unspecified atom stereocenters. The second kappa shape index (κ2) is 11.2. The summed E-state index contributed by atoms with van der Waals surface area (Å²) in [5.41, 5.74) is 3.81. The first-order valence-corrected chi connectivity index (χ1v) is 11.6. The number of nitrogens with one attached hydrogen (secondary N) is 1. The molecule has 1 aliphatic rings. The number of anilines is 2. The smallest absolute Gasteiger partial charge is 0.240 e. The van der Waals surface area contributed by atoms with Crippen LogP contribution in [-0.4, -0.2) is 63.3 Å². The molecule has 8 heteroatoms. The summed E-state index contributed by atoms with van der Waals surface area (Å²) in [7, 11) is 4.92. The predicted molar refractivity (Wildman–Crippen MR) is 136 cm³/mol. The van der Waals surface area contributed by atoms with Gasteiger partial charge in [-0.3, -0.25) is 19.5 Å². The van der Waals surface area contributed by atoms with E-state index in [0.29, 0.717) is 30.2 Å². The summed E-state index contributed by atoms with van der Waals surface area (Å²) in [4.78, 5) is 34.0. The third-order valence-electron chi connectivity index (χ3n) is 6.22. The lowest BCUT2D eigenvalue weighted by molar-refractivity contribution is -0.119. The zero-order chi connectivity index (χ0) is 24.8. The monoisotopic (exact) mass is 466 g/mol. The Morgan fingerprint density at radius 3 is 2.21 bits per heavy atom. The van der Waals surface area contributed by atoms with Crippen molar-refractivity contribution in [3.05, 3.63) is 42.0 Å². The fourth-order valence-electron chi connectivity index (χ4n) is 4.07. The van der Waals surface area contributed by atoms with Gasteiger partial charge in [-0.1, -0.05) is 20.8 Å². The number of hydrogen-bond acceptors (Lipinski definition) is 6. The van der Waals surface area contributed by atoms with Crippen molar-refractivity contribution in [1.29, 1.82) is 0 Å². The SMILES string of the molecule is CCC(=Nc1ccc(N(C)C(=O)CN(CC)CC)cc1)C1C(=O)Nc2cc(OC)c(OC)cc21. The van der Waals surface area contributed by atoms with E-state index in [2.05, 4.69) is 10.2 Å². The summed E-state index contributed by atoms with van der Waals surface area (Å²) in [5.74, 6) is 0.548. The molecule has 0 saturated carbocycles. The summed E-state index contributed by atoms with van der Waals surface area (Å²) < 4.78 is 10.8. The van der Waals surface area contributed by atoms with Crippen LogP contribution < -0.4 is 19.7 Å². The number of benzene rings is 2. The Hall–Kier alpha value is -3.39. The summed E-state index contributed by atoms with van der Waals surface area (Å²) in [5, 5.41) is 2.93. The Morgan fingerprint density at radius 1 is 1.03 bits per heavy atom. The molecule has 0 bridgehead atoms. The molecule has 0 aliphatic carbocycles. The minimum absolute atomic E-state index is 0.0396. The number of amides is 2. The molecule has 182 valence electrons. The van der Waals surface area contributed by atoms with E-state index in [0.717, 1.165) is 35.7 Å². The fraction of sp³-hybridized carbons (Fsp3) is 0.423. The zero-order valence-electron chi connectivity index (χ0n) is 20.8. The van der Waals surface area contributed by atoms with Crippen LogP contribution >= 0.6 is 0 Å². The average molecular weight is 467 g/mol. The van der Waals surface area contributed by atoms with Crippen LogP contribution in [0.1, 0.15) is 38.7 Å². The molecule has 1 N–H and O–H groups in total. The van der Waals surface area contributed by atoms with E-state index in [-0.39, 0.29) is 11.8 Å². The average Bonchev–Trinajstić information content (AvgIpc) is 3.18. The number of fused-ring (bicyclic) bond motifs is 1. The Labute approximate surface area is 201 Å². The first-order valence-electron chi connectivity index (χ1n) is 11.6. The van der Waals surface area contributed by atoms with Crippen molar-refractivity contribution in [3.63, 3.8) is 0 Å². The van der Waals surface area contributed by atoms with Crippen LogP contribution in [-0.2, 0) is 9.59 Å². The zero-order valence-corrected chi connectivity index (χ0v) is 20.8. The molecule has 2 aromatic rings. The minimum atomic E-state index is -0.502. The van der Waals surface area contributed by atoms with E-state index >= 15 is 0 Å². The van der Waals surface area contributed by atoms with Crippen LogP contribution in [0.2, 0.25) is 0 Å². The van der Waals surface area contributed by atoms with Crippen molar-refractivity contribution in [2.24, 2.45) is 4.99 Å². The van der Waals surface area contributed by atoms with Gasteiger partial charge >= 0.3 is 0 Å². The maximum absolute atomic E-state index is 12.9. The Balaban J connectivity index is 1.84. The number of nitrogens with zero attached hydrogens (tertiary/aromatic N) is 3. The van der Waals surface area contributed by atoms with Crippen LogP contribution in [0.3, 0.4) is 0 Å². The lowest BCUT2D eigenvalue weighted by atomic mass is 9.93. The van der Waals surface area contributed by atoms with E-state index in [9.17, 15) is 9.59 Å². The first-order chi connectivity index (χ1) is 16.4. The molecule has 0 radical (unpaired) electrons. The van der Waals surface area contributed by atoms with Gasteiger partial charge in [0, 0.05) is 30.2 Å². The van der Waals surface area contributed by atoms with Gasteiger partial charge in [-0.25, -0.2) is 0 Å². The third-order valence-corrected chi connectivity index (χ3v) is 6.22. The Kier molecular flexibility index (Phi) is 8.28. The Bertz CT molecular complexity index is 1060. The van der Waals surface area contributed by atoms with Gasteiger partial charge in [0.15, 0.2) is 11.5 Å². The van der Waals surface area contributed by atoms with E-state index < -0.39 is 5.92 Å². The van der Waals surface area contributed by atoms with Crippen molar-refractivity contribution in [2.75, 3.05) is 51.1 Å². The molecule has 3 rings (SSSR count). The second-order valence-corrected chi connectivity index (χ2v) is 8.10. The highest BCUT2D eigenvalue weighted by Crippen LogP contribution is 2.42. The first kappa shape index (κ1) is 25.2. The number of carbonyl (C=O) groups excluding carboxylic acids is 2. The highest BCUT2D eigenvalue weighted by molar-refractivity contribution is 6.19. The molecule has 0 saturated heterocycles. The van der Waals surface area contributed by atoms with Crippen LogP contribution in [0.4, 0.5) is 17.1 Å². The minimum Gasteiger partial charge on any atom is -0.493 e. The summed E-state index contributed by atoms with van der Waals surface area (Å²) in [6, 6.07) is 11.1. The lowest BCUT2D eigenvalue weighted by Crippen LogP contribution is -2.38. The molecule has 1 heterocycles. The van der Waals surface area contributed by atoms with Gasteiger partial charge in [-0.15, -0.1) is 0 Å². The van der Waals surface area contributed by atoms with Gasteiger partial charge in [0.05, 0.1) is 26.5 Å². The Morgan fingerprint density at radius 2 is 1.65 bits per heavy atom. The molecule has 2 aromatic carbocycles. The van der Waals surface area contributed by atoms with Gasteiger partial charge in [-0.2, -0.15) is 0 Å². The van der Waals surface area contributed by atoms with Crippen LogP contribution in [0, 0.1) is 0 Å². The van der Waals surface area contributed by atoms with Crippen molar-refractivity contribution in [2.45, 2.75) is 33.1 Å². The topological polar surface area (TPSA) is 83.5 Å². The van der Waals surface area contributed by atoms with E-state index in [4.69, 9.17) is 14.5 Å². The van der Waals surface area contributed by atoms with Crippen molar-refractivity contribution in [1.82, 2.24) is 4.90 Å². The number of hydrogen-bond donors (Lipinski definition) is 1. The highest BCUT2D eigenvalue weighted by atomic mass is 16.5. The van der Waals surface area contributed by atoms with Crippen LogP contribution in [0.25, 0.3) is 0 Å². The normalized spacial score (nSPS) is 15.2. The molecule has 0 aromatic heterocycles. The number of methoxy groups -OCH3 is 2. The van der Waals surface area contributed by atoms with Gasteiger partial charge in [-0.05, 0) is 55.4 Å². The number of ether oxygens (including phenoxy) is 2. The molecule has 1 atom stereocenters. The largest absolute Gasteiger partial charge is 0.493 e. The quantitative estimate of drug-likeness (QED) is 0.530. The summed E-state index contributed by atoms with van der Waals surface area (Å²) in [6.07, 6.45) is 0.607. The second-order valence-electron chi connectivity index (χ2n) is 8.10. The van der Waals surface area contributed by atoms with Gasteiger partial charge in [0.25, 0.3) is 0 Å². The van der Waals surface area contributed by atoms with Crippen LogP contribution in [0.5, 0.6) is 11.5 Å². The maximum Gasteiger partial charge on any atom is 0.240 e. The number of rotatable bonds is 10. The molecule has 2 amide bonds. The van der Waals surface area contributed by atoms with Gasteiger partial charge in [0.2, 0.25) is 11.8 Å². The number of likely N-dealkylation sites (N-methyl/N-ethyl adjacent to an activating group) is 2. The fourth-order valence-corrected chi connectivity index (χ4v) is 4.07. The van der Waals surface area contributed by atoms with E-state index in [1.54, 1.807) is 32.2 Å². The standard InChI is InChI=1S/C26H34N4O4/c1-7-20(25-19-14-22(33-5)23(34-6)15-21(19)28-26(25)32)27-17-10-12-18(13-11-17)29(4)24(31)16-30(8-2)9-3/h10-15,25H,7-9,16H2,1-6H3,(H,28,32). The van der Waals surface area contributed by atoms with Crippen molar-refractivity contribution < 1.29 is 19.1 Å². The molecule has 34 heavy (non-hydrogen) atoms. The van der Waals surface area contributed by atoms with E-state index in [1.165, 1.54) is 0 Å². The number of aliphatic imine (C=N–C) groups is 1. The van der Waals surface area contributed by atoms with Crippen LogP contribution in [0.15, 0.2) is 41.4 Å². The molecular weight excluding hydrogens is 432 g/mol. The van der Waals surface area contributed by atoms with Crippen molar-refractivity contribution >= 4 is 34.6 Å². The summed E-state index contributed by atoms with van der Waals surface area (Å²) in [6.45, 7) is 8.13. The molecule has 0 spiro atoms. The lowest BCUT2D eigenvalue weighted by Gasteiger charge is -2.23. The summed E-state index contributed by atoms with van der Waals surface area (Å²) >= 11 is 0. The highest BCUT2D eigenvalue weighted by Gasteiger charge is 2.35. The maximum atomic E-state index is 12.9. The third kappa shape index (κ3) is 5.22. The van der Waals surface area contributed by atoms with E-state index in [1.807, 2.05) is 51.1 Å². The van der Waals surface area contributed by atoms with Gasteiger partial charge in [0.1, 0.15) is 5.92 Å². The molecule has 8 nitrogen and oxygen atoms in total.